The van der Waals surface area contributed by atoms with Crippen molar-refractivity contribution in [1.82, 2.24) is 14.5 Å². The van der Waals surface area contributed by atoms with Crippen LogP contribution in [-0.2, 0) is 13.6 Å². The van der Waals surface area contributed by atoms with Crippen LogP contribution in [0.1, 0.15) is 18.5 Å². The lowest BCUT2D eigenvalue weighted by Crippen LogP contribution is -2.32. The molecule has 1 N–H and O–H groups in total. The number of hydrogen-bond donors (Lipinski definition) is 1. The van der Waals surface area contributed by atoms with Crippen molar-refractivity contribution >= 4 is 23.2 Å². The number of likely N-dealkylation sites (tertiary alicyclic amines) is 1. The number of halogens is 2. The number of nitrogens with zero attached hydrogens (tertiary/aromatic N) is 3. The second-order valence-corrected chi connectivity index (χ2v) is 4.82. The molecule has 0 bridgehead atoms. The van der Waals surface area contributed by atoms with Crippen LogP contribution in [0.15, 0.2) is 0 Å². The molecule has 1 fully saturated rings. The highest BCUT2D eigenvalue weighted by Gasteiger charge is 2.25. The lowest BCUT2D eigenvalue weighted by atomic mass is 10.2. The summed E-state index contributed by atoms with van der Waals surface area (Å²) in [5.41, 5.74) is 0.909. The molecule has 0 aliphatic carbocycles. The van der Waals surface area contributed by atoms with Crippen molar-refractivity contribution < 1.29 is 5.11 Å². The Hall–Kier alpha value is -0.290. The number of aliphatic hydroxyl groups is 1. The van der Waals surface area contributed by atoms with Gasteiger partial charge in [-0.3, -0.25) is 4.90 Å². The van der Waals surface area contributed by atoms with E-state index in [0.29, 0.717) is 17.0 Å². The zero-order chi connectivity index (χ0) is 11.7. The first-order valence-electron chi connectivity index (χ1n) is 5.35. The van der Waals surface area contributed by atoms with Crippen LogP contribution >= 0.6 is 23.2 Å². The van der Waals surface area contributed by atoms with Gasteiger partial charge in [-0.05, 0) is 31.0 Å². The molecule has 4 nitrogen and oxygen atoms in total. The Morgan fingerprint density at radius 1 is 1.50 bits per heavy atom. The maximum Gasteiger partial charge on any atom is 0.204 e. The number of hydrogen-bond acceptors (Lipinski definition) is 3. The molecule has 1 aliphatic heterocycles. The minimum Gasteiger partial charge on any atom is -0.395 e. The average molecular weight is 264 g/mol. The van der Waals surface area contributed by atoms with Crippen LogP contribution in [0.3, 0.4) is 0 Å². The maximum atomic E-state index is 9.24. The molecule has 1 atom stereocenters. The molecular formula is C10H15Cl2N3O. The third kappa shape index (κ3) is 2.20. The lowest BCUT2D eigenvalue weighted by Gasteiger charge is -2.22. The third-order valence-electron chi connectivity index (χ3n) is 3.17. The first-order chi connectivity index (χ1) is 7.63. The molecule has 6 heteroatoms. The normalized spacial score (nSPS) is 21.9. The van der Waals surface area contributed by atoms with E-state index in [4.69, 9.17) is 23.2 Å². The van der Waals surface area contributed by atoms with Crippen molar-refractivity contribution in [2.75, 3.05) is 13.2 Å². The van der Waals surface area contributed by atoms with Crippen LogP contribution in [0.2, 0.25) is 10.4 Å². The molecule has 1 aliphatic rings. The van der Waals surface area contributed by atoms with Crippen molar-refractivity contribution in [3.05, 3.63) is 16.1 Å². The minimum absolute atomic E-state index is 0.198. The number of aromatic nitrogens is 2. The quantitative estimate of drug-likeness (QED) is 0.903. The van der Waals surface area contributed by atoms with E-state index in [-0.39, 0.29) is 12.6 Å². The van der Waals surface area contributed by atoms with E-state index in [2.05, 4.69) is 9.88 Å². The summed E-state index contributed by atoms with van der Waals surface area (Å²) in [6.07, 6.45) is 2.16. The Kier molecular flexibility index (Phi) is 3.74. The highest BCUT2D eigenvalue weighted by molar-refractivity contribution is 6.32. The van der Waals surface area contributed by atoms with Crippen molar-refractivity contribution in [2.45, 2.75) is 25.4 Å². The Bertz CT molecular complexity index is 380. The predicted octanol–water partition coefficient (Wildman–Crippen LogP) is 1.68. The lowest BCUT2D eigenvalue weighted by molar-refractivity contribution is 0.151. The monoisotopic (exact) mass is 263 g/mol. The molecule has 0 aromatic carbocycles. The molecule has 1 aromatic rings. The van der Waals surface area contributed by atoms with Crippen molar-refractivity contribution in [2.24, 2.45) is 7.05 Å². The van der Waals surface area contributed by atoms with Gasteiger partial charge in [-0.25, -0.2) is 4.98 Å². The molecule has 0 unspecified atom stereocenters. The largest absolute Gasteiger partial charge is 0.395 e. The summed E-state index contributed by atoms with van der Waals surface area (Å²) in [5, 5.41) is 10.1. The van der Waals surface area contributed by atoms with Crippen LogP contribution in [0.25, 0.3) is 0 Å². The van der Waals surface area contributed by atoms with E-state index >= 15 is 0 Å². The van der Waals surface area contributed by atoms with E-state index in [1.165, 1.54) is 0 Å². The summed E-state index contributed by atoms with van der Waals surface area (Å²) >= 11 is 11.9. The second kappa shape index (κ2) is 4.92. The average Bonchev–Trinajstić information content (AvgIpc) is 2.79. The fourth-order valence-electron chi connectivity index (χ4n) is 2.14. The van der Waals surface area contributed by atoms with Gasteiger partial charge in [0.05, 0.1) is 12.3 Å². The summed E-state index contributed by atoms with van der Waals surface area (Å²) in [6.45, 7) is 1.88. The first-order valence-corrected chi connectivity index (χ1v) is 6.10. The van der Waals surface area contributed by atoms with Crippen LogP contribution in [0, 0.1) is 0 Å². The van der Waals surface area contributed by atoms with Gasteiger partial charge in [0.1, 0.15) is 0 Å². The SMILES string of the molecule is Cn1c(Cl)nc(Cl)c1CN1CCC[C@@H]1CO. The zero-order valence-corrected chi connectivity index (χ0v) is 10.7. The van der Waals surface area contributed by atoms with E-state index in [9.17, 15) is 5.11 Å². The molecule has 2 rings (SSSR count). The van der Waals surface area contributed by atoms with Crippen LogP contribution in [0.4, 0.5) is 0 Å². The van der Waals surface area contributed by atoms with Gasteiger partial charge in [0, 0.05) is 19.6 Å². The third-order valence-corrected chi connectivity index (χ3v) is 3.81. The molecule has 16 heavy (non-hydrogen) atoms. The summed E-state index contributed by atoms with van der Waals surface area (Å²) in [6, 6.07) is 0.241. The fourth-order valence-corrected chi connectivity index (χ4v) is 2.64. The standard InChI is InChI=1S/C10H15Cl2N3O/c1-14-8(9(11)13-10(14)12)5-15-4-2-3-7(15)6-16/h7,16H,2-6H2,1H3/t7-/m1/s1. The maximum absolute atomic E-state index is 9.24. The molecule has 0 saturated carbocycles. The zero-order valence-electron chi connectivity index (χ0n) is 9.16. The molecule has 0 spiro atoms. The van der Waals surface area contributed by atoms with Crippen molar-refractivity contribution in [3.8, 4) is 0 Å². The van der Waals surface area contributed by atoms with Gasteiger partial charge in [-0.1, -0.05) is 11.6 Å². The first kappa shape index (κ1) is 12.2. The van der Waals surface area contributed by atoms with Crippen LogP contribution in [0.5, 0.6) is 0 Å². The van der Waals surface area contributed by atoms with Crippen LogP contribution < -0.4 is 0 Å². The van der Waals surface area contributed by atoms with Gasteiger partial charge < -0.3 is 9.67 Å². The van der Waals surface area contributed by atoms with Crippen molar-refractivity contribution in [3.63, 3.8) is 0 Å². The molecule has 90 valence electrons. The van der Waals surface area contributed by atoms with Gasteiger partial charge in [0.2, 0.25) is 5.28 Å². The number of imidazole rings is 1. The Morgan fingerprint density at radius 3 is 2.81 bits per heavy atom. The van der Waals surface area contributed by atoms with E-state index in [1.807, 2.05) is 7.05 Å². The van der Waals surface area contributed by atoms with E-state index < -0.39 is 0 Å². The smallest absolute Gasteiger partial charge is 0.204 e. The Balaban J connectivity index is 2.14. The minimum atomic E-state index is 0.198. The number of aliphatic hydroxyl groups excluding tert-OH is 1. The summed E-state index contributed by atoms with van der Waals surface area (Å²) < 4.78 is 1.79. The fraction of sp³-hybridized carbons (Fsp3) is 0.700. The molecule has 1 aromatic heterocycles. The highest BCUT2D eigenvalue weighted by Crippen LogP contribution is 2.25. The highest BCUT2D eigenvalue weighted by atomic mass is 35.5. The molecule has 0 amide bonds. The van der Waals surface area contributed by atoms with Gasteiger partial charge in [-0.2, -0.15) is 0 Å². The van der Waals surface area contributed by atoms with E-state index in [0.717, 1.165) is 25.1 Å². The Labute approximate surface area is 105 Å². The van der Waals surface area contributed by atoms with Gasteiger partial charge in [0.25, 0.3) is 0 Å². The van der Waals surface area contributed by atoms with E-state index in [1.54, 1.807) is 4.57 Å². The van der Waals surface area contributed by atoms with Gasteiger partial charge in [0.15, 0.2) is 5.15 Å². The number of rotatable bonds is 3. The predicted molar refractivity (Wildman–Crippen MR) is 63.7 cm³/mol. The topological polar surface area (TPSA) is 41.3 Å². The Morgan fingerprint density at radius 2 is 2.25 bits per heavy atom. The molecular weight excluding hydrogens is 249 g/mol. The summed E-state index contributed by atoms with van der Waals surface area (Å²) in [4.78, 5) is 6.23. The summed E-state index contributed by atoms with van der Waals surface area (Å²) in [7, 11) is 1.85. The van der Waals surface area contributed by atoms with Crippen molar-refractivity contribution in [1.29, 1.82) is 0 Å². The van der Waals surface area contributed by atoms with Gasteiger partial charge >= 0.3 is 0 Å². The van der Waals surface area contributed by atoms with Gasteiger partial charge in [-0.15, -0.1) is 0 Å². The molecule has 2 heterocycles. The molecule has 0 radical (unpaired) electrons. The second-order valence-electron chi connectivity index (χ2n) is 4.13. The summed E-state index contributed by atoms with van der Waals surface area (Å²) in [5.74, 6) is 0. The molecule has 1 saturated heterocycles. The van der Waals surface area contributed by atoms with Crippen LogP contribution in [-0.4, -0.2) is 38.8 Å².